The van der Waals surface area contributed by atoms with Gasteiger partial charge in [-0.25, -0.2) is 14.4 Å². The van der Waals surface area contributed by atoms with E-state index in [-0.39, 0.29) is 5.82 Å². The molecule has 0 saturated heterocycles. The number of hydrogen-bond acceptors (Lipinski definition) is 3. The van der Waals surface area contributed by atoms with E-state index in [0.29, 0.717) is 17.0 Å². The third-order valence-corrected chi connectivity index (χ3v) is 2.68. The molecule has 2 rings (SSSR count). The summed E-state index contributed by atoms with van der Waals surface area (Å²) in [4.78, 5) is 7.99. The molecular weight excluding hydrogens is 322 g/mol. The molecule has 5 heteroatoms. The maximum Gasteiger partial charge on any atom is 0.136 e. The van der Waals surface area contributed by atoms with Crippen LogP contribution in [0.15, 0.2) is 30.6 Å². The first-order chi connectivity index (χ1) is 7.70. The monoisotopic (exact) mass is 330 g/mol. The molecule has 0 amide bonds. The van der Waals surface area contributed by atoms with Crippen molar-refractivity contribution in [3.63, 3.8) is 0 Å². The summed E-state index contributed by atoms with van der Waals surface area (Å²) in [6.45, 7) is 0. The first kappa shape index (κ1) is 11.3. The smallest absolute Gasteiger partial charge is 0.136 e. The average Bonchev–Trinajstić information content (AvgIpc) is 2.28. The lowest BCUT2D eigenvalue weighted by atomic mass is 10.1. The first-order valence-corrected chi connectivity index (χ1v) is 5.60. The van der Waals surface area contributed by atoms with Gasteiger partial charge in [-0.05, 0) is 40.8 Å². The zero-order valence-corrected chi connectivity index (χ0v) is 10.6. The predicted octanol–water partition coefficient (Wildman–Crippen LogP) is 2.90. The van der Waals surface area contributed by atoms with Gasteiger partial charge in [0.05, 0.1) is 12.8 Å². The highest BCUT2D eigenvalue weighted by atomic mass is 127. The second kappa shape index (κ2) is 4.73. The Morgan fingerprint density at radius 2 is 2.06 bits per heavy atom. The average molecular weight is 330 g/mol. The van der Waals surface area contributed by atoms with Gasteiger partial charge in [-0.2, -0.15) is 0 Å². The fraction of sp³-hybridized carbons (Fsp3) is 0.0909. The van der Waals surface area contributed by atoms with E-state index in [1.54, 1.807) is 18.2 Å². The van der Waals surface area contributed by atoms with Crippen molar-refractivity contribution in [3.8, 4) is 17.0 Å². The fourth-order valence-corrected chi connectivity index (χ4v) is 1.73. The van der Waals surface area contributed by atoms with Crippen LogP contribution in [0.1, 0.15) is 0 Å². The SMILES string of the molecule is COc1ccc(-c2cc(I)ncn2)c(F)c1. The van der Waals surface area contributed by atoms with Gasteiger partial charge >= 0.3 is 0 Å². The van der Waals surface area contributed by atoms with E-state index in [0.717, 1.165) is 3.70 Å². The Hall–Kier alpha value is -1.24. The van der Waals surface area contributed by atoms with Crippen LogP contribution in [0.25, 0.3) is 11.3 Å². The molecule has 0 fully saturated rings. The zero-order valence-electron chi connectivity index (χ0n) is 8.45. The quantitative estimate of drug-likeness (QED) is 0.627. The minimum Gasteiger partial charge on any atom is -0.497 e. The summed E-state index contributed by atoms with van der Waals surface area (Å²) in [7, 11) is 1.50. The molecule has 0 aliphatic rings. The molecular formula is C11H8FIN2O. The molecule has 0 unspecified atom stereocenters. The van der Waals surface area contributed by atoms with Gasteiger partial charge < -0.3 is 4.74 Å². The van der Waals surface area contributed by atoms with E-state index in [1.807, 2.05) is 0 Å². The fourth-order valence-electron chi connectivity index (χ4n) is 1.31. The molecule has 0 aliphatic heterocycles. The Morgan fingerprint density at radius 3 is 2.69 bits per heavy atom. The number of nitrogens with zero attached hydrogens (tertiary/aromatic N) is 2. The van der Waals surface area contributed by atoms with Gasteiger partial charge in [0.2, 0.25) is 0 Å². The standard InChI is InChI=1S/C11H8FIN2O/c1-16-7-2-3-8(9(12)4-7)10-5-11(13)15-6-14-10/h2-6H,1H3. The van der Waals surface area contributed by atoms with Crippen molar-refractivity contribution in [3.05, 3.63) is 40.1 Å². The Labute approximate surface area is 106 Å². The Morgan fingerprint density at radius 1 is 1.25 bits per heavy atom. The maximum absolute atomic E-state index is 13.7. The van der Waals surface area contributed by atoms with Crippen molar-refractivity contribution < 1.29 is 9.13 Å². The maximum atomic E-state index is 13.7. The summed E-state index contributed by atoms with van der Waals surface area (Å²) in [5, 5.41) is 0. The van der Waals surface area contributed by atoms with Gasteiger partial charge in [-0.3, -0.25) is 0 Å². The summed E-state index contributed by atoms with van der Waals surface area (Å²) in [6.07, 6.45) is 1.42. The van der Waals surface area contributed by atoms with E-state index in [9.17, 15) is 4.39 Å². The second-order valence-corrected chi connectivity index (χ2v) is 4.18. The number of benzene rings is 1. The second-order valence-electron chi connectivity index (χ2n) is 3.07. The third kappa shape index (κ3) is 2.29. The lowest BCUT2D eigenvalue weighted by Crippen LogP contribution is -1.92. The van der Waals surface area contributed by atoms with Gasteiger partial charge in [-0.1, -0.05) is 0 Å². The van der Waals surface area contributed by atoms with Crippen molar-refractivity contribution in [2.45, 2.75) is 0 Å². The van der Waals surface area contributed by atoms with E-state index in [1.165, 1.54) is 19.5 Å². The van der Waals surface area contributed by atoms with Crippen molar-refractivity contribution in [1.82, 2.24) is 9.97 Å². The largest absolute Gasteiger partial charge is 0.497 e. The van der Waals surface area contributed by atoms with E-state index in [4.69, 9.17) is 4.74 Å². The predicted molar refractivity (Wildman–Crippen MR) is 66.7 cm³/mol. The normalized spacial score (nSPS) is 10.2. The highest BCUT2D eigenvalue weighted by Crippen LogP contribution is 2.24. The number of halogens is 2. The van der Waals surface area contributed by atoms with Gasteiger partial charge in [-0.15, -0.1) is 0 Å². The van der Waals surface area contributed by atoms with Crippen LogP contribution in [0.2, 0.25) is 0 Å². The van der Waals surface area contributed by atoms with Crippen LogP contribution < -0.4 is 4.74 Å². The molecule has 0 bridgehead atoms. The molecule has 16 heavy (non-hydrogen) atoms. The molecule has 82 valence electrons. The summed E-state index contributed by atoms with van der Waals surface area (Å²) in [5.74, 6) is 0.138. The van der Waals surface area contributed by atoms with Gasteiger partial charge in [0.25, 0.3) is 0 Å². The number of aromatic nitrogens is 2. The molecule has 0 spiro atoms. The number of hydrogen-bond donors (Lipinski definition) is 0. The minimum atomic E-state index is -0.353. The zero-order chi connectivity index (χ0) is 11.5. The topological polar surface area (TPSA) is 35.0 Å². The molecule has 0 saturated carbocycles. The summed E-state index contributed by atoms with van der Waals surface area (Å²) in [6, 6.07) is 6.41. The van der Waals surface area contributed by atoms with E-state index >= 15 is 0 Å². The summed E-state index contributed by atoms with van der Waals surface area (Å²) < 4.78 is 19.4. The molecule has 0 aliphatic carbocycles. The van der Waals surface area contributed by atoms with Crippen molar-refractivity contribution >= 4 is 22.6 Å². The Bertz CT molecular complexity index is 519. The van der Waals surface area contributed by atoms with Crippen LogP contribution >= 0.6 is 22.6 Å². The molecule has 1 heterocycles. The van der Waals surface area contributed by atoms with Crippen LogP contribution in [-0.4, -0.2) is 17.1 Å². The van der Waals surface area contributed by atoms with Crippen molar-refractivity contribution in [2.75, 3.05) is 7.11 Å². The van der Waals surface area contributed by atoms with Gasteiger partial charge in [0.15, 0.2) is 0 Å². The lowest BCUT2D eigenvalue weighted by Gasteiger charge is -2.05. The summed E-state index contributed by atoms with van der Waals surface area (Å²) in [5.41, 5.74) is 1.01. The molecule has 1 aromatic heterocycles. The third-order valence-electron chi connectivity index (χ3n) is 2.09. The Kier molecular flexibility index (Phi) is 3.33. The number of methoxy groups -OCH3 is 1. The lowest BCUT2D eigenvalue weighted by molar-refractivity contribution is 0.411. The number of ether oxygens (including phenoxy) is 1. The molecule has 2 aromatic rings. The molecule has 0 radical (unpaired) electrons. The van der Waals surface area contributed by atoms with Crippen LogP contribution in [0.5, 0.6) is 5.75 Å². The molecule has 0 N–H and O–H groups in total. The molecule has 1 aromatic carbocycles. The van der Waals surface area contributed by atoms with Crippen molar-refractivity contribution in [2.24, 2.45) is 0 Å². The summed E-state index contributed by atoms with van der Waals surface area (Å²) >= 11 is 2.06. The van der Waals surface area contributed by atoms with Crippen LogP contribution in [-0.2, 0) is 0 Å². The highest BCUT2D eigenvalue weighted by Gasteiger charge is 2.08. The highest BCUT2D eigenvalue weighted by molar-refractivity contribution is 14.1. The Balaban J connectivity index is 2.48. The molecule has 3 nitrogen and oxygen atoms in total. The van der Waals surface area contributed by atoms with Gasteiger partial charge in [0, 0.05) is 11.6 Å². The molecule has 0 atom stereocenters. The van der Waals surface area contributed by atoms with Crippen molar-refractivity contribution in [1.29, 1.82) is 0 Å². The minimum absolute atomic E-state index is 0.353. The van der Waals surface area contributed by atoms with Gasteiger partial charge in [0.1, 0.15) is 21.6 Å². The van der Waals surface area contributed by atoms with Crippen LogP contribution in [0.3, 0.4) is 0 Å². The number of rotatable bonds is 2. The van der Waals surface area contributed by atoms with E-state index < -0.39 is 0 Å². The van der Waals surface area contributed by atoms with E-state index in [2.05, 4.69) is 32.6 Å². The van der Waals surface area contributed by atoms with Crippen LogP contribution in [0.4, 0.5) is 4.39 Å². The van der Waals surface area contributed by atoms with Crippen LogP contribution in [0, 0.1) is 9.52 Å². The first-order valence-electron chi connectivity index (χ1n) is 4.52.